The number of aromatic nitrogens is 6. The molecule has 0 saturated heterocycles. The number of hydrogen-bond acceptors (Lipinski definition) is 27. The van der Waals surface area contributed by atoms with E-state index >= 15 is 0 Å². The van der Waals surface area contributed by atoms with Crippen molar-refractivity contribution in [3.63, 3.8) is 0 Å². The standard InChI is InChI=1S/C42H44N14O12S3.3Na/c1-2-3-4-24-21-28(47-41-51-37(43-17-19-70(61,62)63)49-39(53-41)45-26-6-11-29(57)12-7-26)10-16-32(24)55-56-36-33(15-5-25-22-31(69-68-67-60)23-34(59)35(25)36)48-42-52-38(44-18-20-71(64,65)66)50-40(54-42)46-27-8-13-30(58)14-9-27;;;/h5-16,21-23,57-60H,2-4,17-20H2,1H3,(H,61,62,63)(H,64,65,66)(H3,43,45,47,49,51,53)(H3,44,46,48,50,52,54);;;/q;3*+1/p-3. The number of anilines is 10. The fourth-order valence-electron chi connectivity index (χ4n) is 6.44. The second-order valence-corrected chi connectivity index (χ2v) is 18.8. The van der Waals surface area contributed by atoms with Crippen LogP contribution in [0.25, 0.3) is 10.8 Å². The number of azo groups is 1. The van der Waals surface area contributed by atoms with Gasteiger partial charge in [-0.1, -0.05) is 19.4 Å². The van der Waals surface area contributed by atoms with Gasteiger partial charge in [-0.3, -0.25) is 5.04 Å². The molecular weight excluding hydrogens is 1060 g/mol. The van der Waals surface area contributed by atoms with Crippen LogP contribution in [0.1, 0.15) is 25.3 Å². The molecule has 0 amide bonds. The van der Waals surface area contributed by atoms with Gasteiger partial charge in [0.1, 0.15) is 22.9 Å². The van der Waals surface area contributed by atoms with E-state index in [0.29, 0.717) is 51.5 Å². The van der Waals surface area contributed by atoms with Crippen molar-refractivity contribution in [1.82, 2.24) is 29.9 Å². The molecule has 7 aromatic rings. The maximum absolute atomic E-state index is 11.5. The summed E-state index contributed by atoms with van der Waals surface area (Å²) in [5, 5.41) is 72.6. The van der Waals surface area contributed by atoms with E-state index in [1.54, 1.807) is 60.7 Å². The number of aromatic hydroxyl groups is 3. The molecule has 0 spiro atoms. The number of phenolic OH excluding ortho intramolecular Hbond substituents is 3. The molecule has 0 bridgehead atoms. The number of hydrogen-bond donors (Lipinski definition) is 9. The first-order chi connectivity index (χ1) is 34.0. The smallest absolute Gasteiger partial charge is 0.748 e. The van der Waals surface area contributed by atoms with Crippen LogP contribution in [0.15, 0.2) is 106 Å². The third kappa shape index (κ3) is 19.1. The SMILES string of the molecule is CCCCc1cc(Nc2nc(NCCS(=O)(=O)[O-])nc(Nc3ccc(O)cc3)n2)ccc1N=Nc1c(Nc2nc(NCCS(=O)(=O)[O-])nc(Nc3ccc(O)cc3)n2)ccc2cc(SOO[O-])cc(O)c12.[Na+].[Na+].[Na+]. The van der Waals surface area contributed by atoms with E-state index < -0.39 is 31.7 Å². The zero-order chi connectivity index (χ0) is 50.5. The van der Waals surface area contributed by atoms with Crippen LogP contribution in [0.4, 0.5) is 69.8 Å². The quantitative estimate of drug-likeness (QED) is 0.00562. The van der Waals surface area contributed by atoms with Gasteiger partial charge in [-0.25, -0.2) is 16.8 Å². The molecule has 0 fully saturated rings. The van der Waals surface area contributed by atoms with Crippen molar-refractivity contribution in [2.45, 2.75) is 31.1 Å². The number of nitrogens with one attached hydrogen (secondary N) is 6. The molecule has 0 atom stereocenters. The topological polar surface area (TPSA) is 391 Å². The molecule has 0 aliphatic carbocycles. The molecule has 32 heteroatoms. The minimum atomic E-state index is -4.59. The predicted octanol–water partition coefficient (Wildman–Crippen LogP) is -2.78. The summed E-state index contributed by atoms with van der Waals surface area (Å²) in [5.41, 5.74) is 2.93. The zero-order valence-electron chi connectivity index (χ0n) is 39.9. The molecular formula is C42H41N14Na3O12S3. The summed E-state index contributed by atoms with van der Waals surface area (Å²) >= 11 is 0.559. The van der Waals surface area contributed by atoms with Gasteiger partial charge in [0.05, 0.1) is 60.5 Å². The van der Waals surface area contributed by atoms with Gasteiger partial charge in [0.2, 0.25) is 35.7 Å². The van der Waals surface area contributed by atoms with Crippen LogP contribution in [0.3, 0.4) is 0 Å². The summed E-state index contributed by atoms with van der Waals surface area (Å²) in [5.74, 6) is -1.98. The predicted molar refractivity (Wildman–Crippen MR) is 258 cm³/mol. The molecule has 0 aliphatic rings. The van der Waals surface area contributed by atoms with Crippen LogP contribution < -0.4 is 126 Å². The summed E-state index contributed by atoms with van der Waals surface area (Å²) in [6.45, 7) is 1.40. The summed E-state index contributed by atoms with van der Waals surface area (Å²) in [6, 6.07) is 23.3. The molecule has 0 radical (unpaired) electrons. The van der Waals surface area contributed by atoms with Gasteiger partial charge < -0.3 is 61.6 Å². The fourth-order valence-corrected chi connectivity index (χ4v) is 7.59. The summed E-state index contributed by atoms with van der Waals surface area (Å²) in [7, 11) is -9.14. The Morgan fingerprint density at radius 2 is 1.09 bits per heavy atom. The molecule has 74 heavy (non-hydrogen) atoms. The van der Waals surface area contributed by atoms with Crippen LogP contribution in [-0.4, -0.2) is 95.8 Å². The normalized spacial score (nSPS) is 11.2. The molecule has 0 unspecified atom stereocenters. The Morgan fingerprint density at radius 1 is 0.608 bits per heavy atom. The molecule has 0 aliphatic heterocycles. The van der Waals surface area contributed by atoms with E-state index in [4.69, 9.17) is 0 Å². The van der Waals surface area contributed by atoms with Crippen molar-refractivity contribution < 1.29 is 145 Å². The zero-order valence-corrected chi connectivity index (χ0v) is 48.4. The minimum Gasteiger partial charge on any atom is -0.748 e. The Labute approximate surface area is 493 Å². The third-order valence-electron chi connectivity index (χ3n) is 9.63. The van der Waals surface area contributed by atoms with Crippen molar-refractivity contribution in [1.29, 1.82) is 0 Å². The molecule has 372 valence electrons. The van der Waals surface area contributed by atoms with Crippen LogP contribution in [0.2, 0.25) is 0 Å². The number of aryl methyl sites for hydroxylation is 1. The Hall–Kier alpha value is -4.77. The maximum Gasteiger partial charge on any atom is 1.00 e. The Balaban J connectivity index is 0.00000395. The summed E-state index contributed by atoms with van der Waals surface area (Å²) in [4.78, 5) is 26.5. The average Bonchev–Trinajstić information content (AvgIpc) is 3.31. The Kier molecular flexibility index (Phi) is 24.2. The molecule has 5 aromatic carbocycles. The van der Waals surface area contributed by atoms with Gasteiger partial charge in [-0.15, -0.1) is 5.11 Å². The number of unbranched alkanes of at least 4 members (excludes halogenated alkanes) is 1. The summed E-state index contributed by atoms with van der Waals surface area (Å²) in [6.07, 6.45) is 2.08. The van der Waals surface area contributed by atoms with E-state index in [0.717, 1.165) is 18.4 Å². The van der Waals surface area contributed by atoms with Crippen molar-refractivity contribution in [3.05, 3.63) is 96.6 Å². The van der Waals surface area contributed by atoms with E-state index in [2.05, 4.69) is 81.4 Å². The molecule has 9 N–H and O–H groups in total. The van der Waals surface area contributed by atoms with Crippen molar-refractivity contribution in [2.75, 3.05) is 56.5 Å². The Bertz CT molecular complexity index is 3270. The number of phenols is 3. The van der Waals surface area contributed by atoms with Gasteiger partial charge in [0, 0.05) is 35.0 Å². The largest absolute Gasteiger partial charge is 1.00 e. The van der Waals surface area contributed by atoms with Crippen molar-refractivity contribution in [2.24, 2.45) is 10.2 Å². The molecule has 26 nitrogen and oxygen atoms in total. The van der Waals surface area contributed by atoms with Crippen LogP contribution in [0, 0.1) is 0 Å². The van der Waals surface area contributed by atoms with E-state index in [1.807, 2.05) is 6.92 Å². The molecule has 7 rings (SSSR count). The second kappa shape index (κ2) is 28.9. The molecule has 2 heterocycles. The fraction of sp³-hybridized carbons (Fsp3) is 0.190. The van der Waals surface area contributed by atoms with Gasteiger partial charge in [0.25, 0.3) is 0 Å². The number of benzene rings is 5. The van der Waals surface area contributed by atoms with Crippen LogP contribution >= 0.6 is 12.0 Å². The van der Waals surface area contributed by atoms with E-state index in [-0.39, 0.29) is 171 Å². The third-order valence-corrected chi connectivity index (χ3v) is 11.6. The molecule has 2 aromatic heterocycles. The van der Waals surface area contributed by atoms with E-state index in [1.165, 1.54) is 30.3 Å². The second-order valence-electron chi connectivity index (χ2n) is 15.0. The van der Waals surface area contributed by atoms with Gasteiger partial charge in [-0.2, -0.15) is 39.4 Å². The average molecular weight is 1100 g/mol. The van der Waals surface area contributed by atoms with Crippen LogP contribution in [-0.2, 0) is 36.0 Å². The van der Waals surface area contributed by atoms with E-state index in [9.17, 15) is 46.5 Å². The summed E-state index contributed by atoms with van der Waals surface area (Å²) < 4.78 is 72.5. The number of fused-ring (bicyclic) bond motifs is 1. The first-order valence-electron chi connectivity index (χ1n) is 21.0. The van der Waals surface area contributed by atoms with Crippen LogP contribution in [0.5, 0.6) is 17.2 Å². The van der Waals surface area contributed by atoms with Gasteiger partial charge in [0.15, 0.2) is 0 Å². The number of nitrogens with zero attached hydrogens (tertiary/aromatic N) is 8. The first-order valence-corrected chi connectivity index (χ1v) is 24.9. The maximum atomic E-state index is 11.5. The van der Waals surface area contributed by atoms with Crippen molar-refractivity contribution >= 4 is 113 Å². The first kappa shape index (κ1) is 61.8. The van der Waals surface area contributed by atoms with Gasteiger partial charge in [-0.05, 0) is 109 Å². The van der Waals surface area contributed by atoms with Gasteiger partial charge >= 0.3 is 88.7 Å². The minimum absolute atomic E-state index is 0. The monoisotopic (exact) mass is 1100 g/mol. The van der Waals surface area contributed by atoms with Crippen molar-refractivity contribution in [3.8, 4) is 17.2 Å². The molecule has 0 saturated carbocycles. The number of rotatable bonds is 24. The Morgan fingerprint density at radius 3 is 1.59 bits per heavy atom.